The predicted molar refractivity (Wildman–Crippen MR) is 178 cm³/mol. The second-order valence-corrected chi connectivity index (χ2v) is 10.5. The van der Waals surface area contributed by atoms with Crippen LogP contribution in [0.2, 0.25) is 0 Å². The van der Waals surface area contributed by atoms with E-state index in [1.807, 2.05) is 60.7 Å². The number of carbonyl (C=O) groups is 3. The molecule has 1 heterocycles. The van der Waals surface area contributed by atoms with Gasteiger partial charge in [0, 0.05) is 18.0 Å². The molecule has 1 aromatic heterocycles. The molecule has 0 N–H and O–H groups in total. The molecule has 7 nitrogen and oxygen atoms in total. The molecule has 0 amide bonds. The smallest absolute Gasteiger partial charge is 0.310 e. The van der Waals surface area contributed by atoms with Gasteiger partial charge in [-0.3, -0.25) is 19.0 Å². The van der Waals surface area contributed by atoms with Gasteiger partial charge in [0.05, 0.1) is 25.0 Å². The molecule has 0 spiro atoms. The largest absolute Gasteiger partial charge is 0.494 e. The highest BCUT2D eigenvalue weighted by Gasteiger charge is 2.19. The monoisotopic (exact) mass is 605 g/mol. The average Bonchev–Trinajstić information content (AvgIpc) is 3.43. The zero-order chi connectivity index (χ0) is 31.9. The van der Waals surface area contributed by atoms with Crippen molar-refractivity contribution >= 4 is 40.9 Å². The van der Waals surface area contributed by atoms with Crippen molar-refractivity contribution in [3.8, 4) is 5.75 Å². The molecule has 0 aliphatic rings. The number of esters is 2. The van der Waals surface area contributed by atoms with Crippen LogP contribution in [0.25, 0.3) is 23.1 Å². The third kappa shape index (κ3) is 9.93. The first-order valence-corrected chi connectivity index (χ1v) is 15.1. The summed E-state index contributed by atoms with van der Waals surface area (Å²) in [5, 5.41) is 0.766. The van der Waals surface area contributed by atoms with E-state index in [0.29, 0.717) is 17.7 Å². The molecular weight excluding hydrogens is 566 g/mol. The number of ether oxygens (including phenoxy) is 3. The van der Waals surface area contributed by atoms with Gasteiger partial charge in [-0.15, -0.1) is 0 Å². The Morgan fingerprint density at radius 2 is 1.49 bits per heavy atom. The van der Waals surface area contributed by atoms with Crippen LogP contribution >= 0.6 is 0 Å². The van der Waals surface area contributed by atoms with Crippen LogP contribution in [0, 0.1) is 0 Å². The summed E-state index contributed by atoms with van der Waals surface area (Å²) in [6.07, 6.45) is 11.5. The van der Waals surface area contributed by atoms with Crippen molar-refractivity contribution in [2.24, 2.45) is 0 Å². The van der Waals surface area contributed by atoms with Crippen molar-refractivity contribution in [1.82, 2.24) is 4.57 Å². The van der Waals surface area contributed by atoms with Crippen molar-refractivity contribution in [2.75, 3.05) is 19.8 Å². The second-order valence-electron chi connectivity index (χ2n) is 10.5. The number of benzene rings is 3. The summed E-state index contributed by atoms with van der Waals surface area (Å²) in [5.41, 5.74) is 4.45. The third-order valence-electron chi connectivity index (χ3n) is 7.12. The van der Waals surface area contributed by atoms with E-state index in [1.165, 1.54) is 22.3 Å². The van der Waals surface area contributed by atoms with Gasteiger partial charge >= 0.3 is 11.9 Å². The first-order valence-electron chi connectivity index (χ1n) is 15.1. The average molecular weight is 606 g/mol. The van der Waals surface area contributed by atoms with E-state index < -0.39 is 11.9 Å². The topological polar surface area (TPSA) is 83.8 Å². The van der Waals surface area contributed by atoms with Gasteiger partial charge in [0.2, 0.25) is 5.91 Å². The summed E-state index contributed by atoms with van der Waals surface area (Å²) in [4.78, 5) is 37.7. The van der Waals surface area contributed by atoms with Gasteiger partial charge < -0.3 is 14.2 Å². The lowest BCUT2D eigenvalue weighted by Gasteiger charge is -2.07. The maximum Gasteiger partial charge on any atom is 0.310 e. The minimum Gasteiger partial charge on any atom is -0.494 e. The van der Waals surface area contributed by atoms with Crippen molar-refractivity contribution < 1.29 is 28.6 Å². The molecule has 0 saturated heterocycles. The minimum atomic E-state index is -0.476. The third-order valence-corrected chi connectivity index (χ3v) is 7.12. The van der Waals surface area contributed by atoms with Gasteiger partial charge in [0.25, 0.3) is 0 Å². The number of carbonyl (C=O) groups excluding carboxylic acids is 3. The first kappa shape index (κ1) is 32.7. The SMILES string of the molecule is C=CCOC(=O)CCC(=O)n1cc(CC(=O)OCC=C)c2c(/C=C/c3ccc(OCCCCc4ccccc4)cc3)cccc21. The van der Waals surface area contributed by atoms with Crippen LogP contribution in [0.15, 0.2) is 104 Å². The van der Waals surface area contributed by atoms with Crippen molar-refractivity contribution in [1.29, 1.82) is 0 Å². The Balaban J connectivity index is 1.46. The zero-order valence-electron chi connectivity index (χ0n) is 25.5. The Morgan fingerprint density at radius 3 is 2.22 bits per heavy atom. The van der Waals surface area contributed by atoms with Crippen LogP contribution in [0.1, 0.15) is 52.7 Å². The molecule has 0 aliphatic carbocycles. The van der Waals surface area contributed by atoms with Crippen LogP contribution in [-0.2, 0) is 31.9 Å². The summed E-state index contributed by atoms with van der Waals surface area (Å²) >= 11 is 0. The van der Waals surface area contributed by atoms with E-state index in [2.05, 4.69) is 37.4 Å². The van der Waals surface area contributed by atoms with Gasteiger partial charge in [-0.2, -0.15) is 0 Å². The fourth-order valence-electron chi connectivity index (χ4n) is 4.92. The zero-order valence-corrected chi connectivity index (χ0v) is 25.5. The number of hydrogen-bond donors (Lipinski definition) is 0. The van der Waals surface area contributed by atoms with E-state index in [-0.39, 0.29) is 38.4 Å². The van der Waals surface area contributed by atoms with E-state index in [0.717, 1.165) is 41.5 Å². The molecule has 0 radical (unpaired) electrons. The summed E-state index contributed by atoms with van der Waals surface area (Å²) < 4.78 is 17.7. The highest BCUT2D eigenvalue weighted by molar-refractivity contribution is 6.01. The second kappa shape index (κ2) is 17.2. The Labute approximate surface area is 264 Å². The van der Waals surface area contributed by atoms with Crippen LogP contribution in [0.3, 0.4) is 0 Å². The molecule has 0 atom stereocenters. The highest BCUT2D eigenvalue weighted by atomic mass is 16.5. The van der Waals surface area contributed by atoms with Crippen LogP contribution in [0.4, 0.5) is 0 Å². The Hall–Kier alpha value is -5.17. The van der Waals surface area contributed by atoms with Gasteiger partial charge in [-0.05, 0) is 59.7 Å². The number of rotatable bonds is 17. The summed E-state index contributed by atoms with van der Waals surface area (Å²) in [7, 11) is 0. The van der Waals surface area contributed by atoms with Gasteiger partial charge in [-0.1, -0.05) is 92.1 Å². The molecule has 0 saturated carbocycles. The van der Waals surface area contributed by atoms with E-state index in [4.69, 9.17) is 14.2 Å². The normalized spacial score (nSPS) is 10.9. The Morgan fingerprint density at radius 1 is 0.756 bits per heavy atom. The number of fused-ring (bicyclic) bond motifs is 1. The Bertz CT molecular complexity index is 1630. The molecule has 0 fully saturated rings. The number of nitrogens with zero attached hydrogens (tertiary/aromatic N) is 1. The molecule has 3 aromatic carbocycles. The Kier molecular flexibility index (Phi) is 12.5. The minimum absolute atomic E-state index is 0.0196. The summed E-state index contributed by atoms with van der Waals surface area (Å²) in [6, 6.07) is 24.0. The van der Waals surface area contributed by atoms with E-state index in [1.54, 1.807) is 6.20 Å². The van der Waals surface area contributed by atoms with Crippen molar-refractivity contribution in [3.05, 3.63) is 127 Å². The van der Waals surface area contributed by atoms with E-state index in [9.17, 15) is 14.4 Å². The lowest BCUT2D eigenvalue weighted by atomic mass is 10.0. The first-order chi connectivity index (χ1) is 22.0. The quantitative estimate of drug-likeness (QED) is 0.0533. The highest BCUT2D eigenvalue weighted by Crippen LogP contribution is 2.28. The fraction of sp³-hybridized carbons (Fsp3) is 0.237. The number of aryl methyl sites for hydroxylation is 1. The molecular formula is C38H39NO6. The van der Waals surface area contributed by atoms with Gasteiger partial charge in [0.1, 0.15) is 19.0 Å². The number of hydrogen-bond acceptors (Lipinski definition) is 6. The molecule has 45 heavy (non-hydrogen) atoms. The van der Waals surface area contributed by atoms with Crippen LogP contribution in [-0.4, -0.2) is 42.2 Å². The molecule has 4 rings (SSSR count). The molecule has 4 aromatic rings. The van der Waals surface area contributed by atoms with Crippen molar-refractivity contribution in [2.45, 2.75) is 38.5 Å². The van der Waals surface area contributed by atoms with Gasteiger partial charge in [0.15, 0.2) is 0 Å². The molecule has 0 bridgehead atoms. The van der Waals surface area contributed by atoms with Crippen LogP contribution in [0.5, 0.6) is 5.75 Å². The number of unbranched alkanes of at least 4 members (excludes halogenated alkanes) is 1. The summed E-state index contributed by atoms with van der Waals surface area (Å²) in [6.45, 7) is 7.97. The predicted octanol–water partition coefficient (Wildman–Crippen LogP) is 7.63. The lowest BCUT2D eigenvalue weighted by molar-refractivity contribution is -0.142. The number of aromatic nitrogens is 1. The van der Waals surface area contributed by atoms with Crippen molar-refractivity contribution in [3.63, 3.8) is 0 Å². The summed E-state index contributed by atoms with van der Waals surface area (Å²) in [5.74, 6) is -0.365. The van der Waals surface area contributed by atoms with E-state index >= 15 is 0 Å². The molecule has 0 aliphatic heterocycles. The maximum atomic E-state index is 13.2. The molecule has 0 unspecified atom stereocenters. The maximum absolute atomic E-state index is 13.2. The van der Waals surface area contributed by atoms with Crippen LogP contribution < -0.4 is 4.74 Å². The molecule has 7 heteroatoms. The molecule has 232 valence electrons. The van der Waals surface area contributed by atoms with Gasteiger partial charge in [-0.25, -0.2) is 0 Å². The lowest BCUT2D eigenvalue weighted by Crippen LogP contribution is -2.13. The standard InChI is InChI=1S/C38H39NO6/c1-3-24-44-36(41)23-22-35(40)39-28-32(27-37(42)45-25-4-2)38-31(14-10-15-34(38)39)19-16-30-17-20-33(21-18-30)43-26-9-8-13-29-11-6-5-7-12-29/h3-7,10-12,14-21,28H,1-2,8-9,13,22-27H2/b19-16+. The fourth-order valence-corrected chi connectivity index (χ4v) is 4.92.